The van der Waals surface area contributed by atoms with Crippen molar-refractivity contribution in [2.75, 3.05) is 5.32 Å². The van der Waals surface area contributed by atoms with Gasteiger partial charge in [-0.15, -0.1) is 11.3 Å². The van der Waals surface area contributed by atoms with Crippen LogP contribution in [0.15, 0.2) is 60.0 Å². The zero-order chi connectivity index (χ0) is 18.5. The maximum absolute atomic E-state index is 12.1. The van der Waals surface area contributed by atoms with Gasteiger partial charge in [0.15, 0.2) is 5.13 Å². The van der Waals surface area contributed by atoms with Crippen molar-refractivity contribution in [2.24, 2.45) is 0 Å². The van der Waals surface area contributed by atoms with Crippen molar-refractivity contribution >= 4 is 40.1 Å². The Morgan fingerprint density at radius 2 is 1.88 bits per heavy atom. The second-order valence-corrected chi connectivity index (χ2v) is 7.43. The molecule has 0 unspecified atom stereocenters. The zero-order valence-electron chi connectivity index (χ0n) is 14.6. The molecule has 0 aliphatic heterocycles. The van der Waals surface area contributed by atoms with Gasteiger partial charge >= 0.3 is 0 Å². The normalized spacial score (nSPS) is 11.2. The maximum Gasteiger partial charge on any atom is 0.250 e. The molecule has 0 saturated heterocycles. The summed E-state index contributed by atoms with van der Waals surface area (Å²) in [5.41, 5.74) is 3.87. The summed E-state index contributed by atoms with van der Waals surface area (Å²) in [5.74, 6) is 0.284. The molecule has 3 rings (SSSR count). The van der Waals surface area contributed by atoms with E-state index in [-0.39, 0.29) is 5.91 Å². The number of rotatable bonds is 5. The molecule has 0 aliphatic rings. The van der Waals surface area contributed by atoms with E-state index >= 15 is 0 Å². The van der Waals surface area contributed by atoms with Crippen molar-refractivity contribution in [3.8, 4) is 11.3 Å². The summed E-state index contributed by atoms with van der Waals surface area (Å²) < 4.78 is 0. The Hall–Kier alpha value is -2.43. The topological polar surface area (TPSA) is 42.0 Å². The SMILES string of the molecule is CC(C)c1ccc(C=CC(=O)Nc2nc(-c3ccccc3Cl)cs2)cc1. The Kier molecular flexibility index (Phi) is 5.86. The lowest BCUT2D eigenvalue weighted by molar-refractivity contribution is -0.111. The summed E-state index contributed by atoms with van der Waals surface area (Å²) in [6.45, 7) is 4.31. The highest BCUT2D eigenvalue weighted by atomic mass is 35.5. The predicted molar refractivity (Wildman–Crippen MR) is 111 cm³/mol. The first-order chi connectivity index (χ1) is 12.5. The van der Waals surface area contributed by atoms with Gasteiger partial charge in [-0.3, -0.25) is 10.1 Å². The minimum atomic E-state index is -0.210. The molecule has 0 saturated carbocycles. The Morgan fingerprint density at radius 3 is 2.58 bits per heavy atom. The Morgan fingerprint density at radius 1 is 1.15 bits per heavy atom. The number of aromatic nitrogens is 1. The number of carbonyl (C=O) groups excluding carboxylic acids is 1. The molecule has 0 atom stereocenters. The molecule has 26 heavy (non-hydrogen) atoms. The van der Waals surface area contributed by atoms with Gasteiger partial charge in [0.05, 0.1) is 5.69 Å². The number of nitrogens with one attached hydrogen (secondary N) is 1. The van der Waals surface area contributed by atoms with Crippen LogP contribution >= 0.6 is 22.9 Å². The van der Waals surface area contributed by atoms with Crippen molar-refractivity contribution in [3.05, 3.63) is 76.1 Å². The summed E-state index contributed by atoms with van der Waals surface area (Å²) in [6, 6.07) is 15.7. The van der Waals surface area contributed by atoms with Crippen molar-refractivity contribution in [1.82, 2.24) is 4.98 Å². The first kappa shape index (κ1) is 18.4. The highest BCUT2D eigenvalue weighted by molar-refractivity contribution is 7.14. The molecule has 132 valence electrons. The second-order valence-electron chi connectivity index (χ2n) is 6.16. The lowest BCUT2D eigenvalue weighted by atomic mass is 10.0. The standard InChI is InChI=1S/C21H19ClN2OS/c1-14(2)16-10-7-15(8-11-16)9-12-20(25)24-21-23-19(13-26-21)17-5-3-4-6-18(17)22/h3-14H,1-2H3,(H,23,24,25). The molecule has 1 aromatic heterocycles. The van der Waals surface area contributed by atoms with Gasteiger partial charge in [-0.25, -0.2) is 4.98 Å². The quantitative estimate of drug-likeness (QED) is 0.530. The van der Waals surface area contributed by atoms with Gasteiger partial charge < -0.3 is 0 Å². The average Bonchev–Trinajstić information content (AvgIpc) is 3.09. The van der Waals surface area contributed by atoms with Crippen LogP contribution < -0.4 is 5.32 Å². The molecule has 3 nitrogen and oxygen atoms in total. The third kappa shape index (κ3) is 4.59. The van der Waals surface area contributed by atoms with Gasteiger partial charge in [-0.2, -0.15) is 0 Å². The molecular weight excluding hydrogens is 364 g/mol. The van der Waals surface area contributed by atoms with Crippen LogP contribution in [-0.4, -0.2) is 10.9 Å². The molecule has 0 fully saturated rings. The van der Waals surface area contributed by atoms with Crippen molar-refractivity contribution in [3.63, 3.8) is 0 Å². The fourth-order valence-corrected chi connectivity index (χ4v) is 3.38. The van der Waals surface area contributed by atoms with Crippen LogP contribution in [0.1, 0.15) is 30.9 Å². The highest BCUT2D eigenvalue weighted by Crippen LogP contribution is 2.30. The average molecular weight is 383 g/mol. The number of hydrogen-bond acceptors (Lipinski definition) is 3. The number of benzene rings is 2. The second kappa shape index (κ2) is 8.30. The van der Waals surface area contributed by atoms with Crippen LogP contribution in [0, 0.1) is 0 Å². The minimum Gasteiger partial charge on any atom is -0.298 e. The lowest BCUT2D eigenvalue weighted by Gasteiger charge is -2.04. The molecule has 3 aromatic rings. The van der Waals surface area contributed by atoms with E-state index in [1.54, 1.807) is 6.08 Å². The van der Waals surface area contributed by atoms with E-state index in [0.29, 0.717) is 16.1 Å². The molecular formula is C21H19ClN2OS. The number of carbonyl (C=O) groups is 1. The zero-order valence-corrected chi connectivity index (χ0v) is 16.1. The van der Waals surface area contributed by atoms with Gasteiger partial charge in [0.1, 0.15) is 0 Å². The number of thiazole rings is 1. The monoisotopic (exact) mass is 382 g/mol. The number of halogens is 1. The van der Waals surface area contributed by atoms with E-state index < -0.39 is 0 Å². The molecule has 0 bridgehead atoms. The van der Waals surface area contributed by atoms with Crippen LogP contribution in [-0.2, 0) is 4.79 Å². The van der Waals surface area contributed by atoms with E-state index in [0.717, 1.165) is 16.8 Å². The number of amides is 1. The third-order valence-electron chi connectivity index (χ3n) is 3.91. The molecule has 5 heteroatoms. The first-order valence-electron chi connectivity index (χ1n) is 8.32. The van der Waals surface area contributed by atoms with Crippen molar-refractivity contribution in [1.29, 1.82) is 0 Å². The number of anilines is 1. The van der Waals surface area contributed by atoms with Crippen LogP contribution in [0.5, 0.6) is 0 Å². The fraction of sp³-hybridized carbons (Fsp3) is 0.143. The lowest BCUT2D eigenvalue weighted by Crippen LogP contribution is -2.07. The van der Waals surface area contributed by atoms with Crippen molar-refractivity contribution < 1.29 is 4.79 Å². The summed E-state index contributed by atoms with van der Waals surface area (Å²) in [4.78, 5) is 16.6. The molecule has 1 heterocycles. The van der Waals surface area contributed by atoms with Gasteiger partial charge in [0.2, 0.25) is 5.91 Å². The Bertz CT molecular complexity index is 929. The van der Waals surface area contributed by atoms with Gasteiger partial charge in [0, 0.05) is 22.0 Å². The van der Waals surface area contributed by atoms with E-state index in [2.05, 4.69) is 36.3 Å². The third-order valence-corrected chi connectivity index (χ3v) is 5.00. The van der Waals surface area contributed by atoms with Crippen molar-refractivity contribution in [2.45, 2.75) is 19.8 Å². The van der Waals surface area contributed by atoms with Crippen LogP contribution in [0.3, 0.4) is 0 Å². The maximum atomic E-state index is 12.1. The van der Waals surface area contributed by atoms with E-state index in [1.165, 1.54) is 23.0 Å². The predicted octanol–water partition coefficient (Wildman–Crippen LogP) is 6.24. The van der Waals surface area contributed by atoms with Crippen LogP contribution in [0.25, 0.3) is 17.3 Å². The molecule has 0 radical (unpaired) electrons. The summed E-state index contributed by atoms with van der Waals surface area (Å²) in [5, 5.41) is 5.86. The minimum absolute atomic E-state index is 0.210. The highest BCUT2D eigenvalue weighted by Gasteiger charge is 2.09. The number of hydrogen-bond donors (Lipinski definition) is 1. The van der Waals surface area contributed by atoms with Gasteiger partial charge in [-0.1, -0.05) is 67.9 Å². The number of nitrogens with zero attached hydrogens (tertiary/aromatic N) is 1. The van der Waals surface area contributed by atoms with Crippen LogP contribution in [0.2, 0.25) is 5.02 Å². The molecule has 0 spiro atoms. The summed E-state index contributed by atoms with van der Waals surface area (Å²) in [7, 11) is 0. The molecule has 1 N–H and O–H groups in total. The van der Waals surface area contributed by atoms with E-state index in [9.17, 15) is 4.79 Å². The van der Waals surface area contributed by atoms with E-state index in [1.807, 2.05) is 41.8 Å². The Labute approximate surface area is 162 Å². The first-order valence-corrected chi connectivity index (χ1v) is 9.58. The summed E-state index contributed by atoms with van der Waals surface area (Å²) in [6.07, 6.45) is 3.31. The van der Waals surface area contributed by atoms with Gasteiger partial charge in [-0.05, 0) is 29.2 Å². The van der Waals surface area contributed by atoms with Gasteiger partial charge in [0.25, 0.3) is 0 Å². The Balaban J connectivity index is 1.64. The largest absolute Gasteiger partial charge is 0.298 e. The van der Waals surface area contributed by atoms with E-state index in [4.69, 9.17) is 11.6 Å². The molecule has 1 amide bonds. The van der Waals surface area contributed by atoms with Crippen LogP contribution in [0.4, 0.5) is 5.13 Å². The summed E-state index contributed by atoms with van der Waals surface area (Å²) >= 11 is 7.56. The molecule has 0 aliphatic carbocycles. The smallest absolute Gasteiger partial charge is 0.250 e. The molecule has 2 aromatic carbocycles. The fourth-order valence-electron chi connectivity index (χ4n) is 2.43.